The van der Waals surface area contributed by atoms with Crippen molar-refractivity contribution < 1.29 is 28.6 Å². The Morgan fingerprint density at radius 1 is 1.10 bits per heavy atom. The Kier molecular flexibility index (Phi) is 6.19. The van der Waals surface area contributed by atoms with E-state index in [1.54, 1.807) is 36.4 Å². The van der Waals surface area contributed by atoms with Crippen LogP contribution in [0.1, 0.15) is 22.3 Å². The molecule has 0 saturated carbocycles. The molecule has 2 aromatic carbocycles. The Morgan fingerprint density at radius 2 is 1.86 bits per heavy atom. The second kappa shape index (κ2) is 8.97. The minimum Gasteiger partial charge on any atom is -0.481 e. The first-order chi connectivity index (χ1) is 14.0. The lowest BCUT2D eigenvalue weighted by Gasteiger charge is -2.08. The van der Waals surface area contributed by atoms with E-state index >= 15 is 0 Å². The number of carbonyl (C=O) groups is 2. The van der Waals surface area contributed by atoms with Crippen LogP contribution in [0.15, 0.2) is 60.8 Å². The number of ether oxygens (including phenoxy) is 2. The number of aromatic nitrogens is 1. The number of esters is 1. The first kappa shape index (κ1) is 20.0. The number of carboxylic acids is 1. The number of methoxy groups -OCH3 is 1. The highest BCUT2D eigenvalue weighted by molar-refractivity contribution is 5.91. The van der Waals surface area contributed by atoms with E-state index < -0.39 is 17.8 Å². The fourth-order valence-corrected chi connectivity index (χ4v) is 2.72. The molecule has 0 atom stereocenters. The molecule has 0 fully saturated rings. The van der Waals surface area contributed by atoms with Crippen molar-refractivity contribution in [2.24, 2.45) is 0 Å². The van der Waals surface area contributed by atoms with Gasteiger partial charge in [-0.1, -0.05) is 24.3 Å². The van der Waals surface area contributed by atoms with Gasteiger partial charge in [-0.3, -0.25) is 4.79 Å². The fourth-order valence-electron chi connectivity index (χ4n) is 2.72. The van der Waals surface area contributed by atoms with Gasteiger partial charge in [0.05, 0.1) is 18.9 Å². The van der Waals surface area contributed by atoms with Gasteiger partial charge in [0.25, 0.3) is 0 Å². The maximum absolute atomic E-state index is 14.0. The number of carboxylic acid groups (broad SMARTS) is 1. The first-order valence-electron chi connectivity index (χ1n) is 8.79. The summed E-state index contributed by atoms with van der Waals surface area (Å²) < 4.78 is 24.4. The molecule has 1 heterocycles. The summed E-state index contributed by atoms with van der Waals surface area (Å²) in [6.07, 6.45) is 1.42. The Morgan fingerprint density at radius 3 is 2.55 bits per heavy atom. The van der Waals surface area contributed by atoms with Gasteiger partial charge in [-0.15, -0.1) is 0 Å². The smallest absolute Gasteiger partial charge is 0.343 e. The van der Waals surface area contributed by atoms with Crippen LogP contribution in [-0.2, 0) is 11.2 Å². The van der Waals surface area contributed by atoms with Crippen LogP contribution in [0.25, 0.3) is 11.1 Å². The highest BCUT2D eigenvalue weighted by atomic mass is 19.1. The van der Waals surface area contributed by atoms with Gasteiger partial charge < -0.3 is 14.6 Å². The molecule has 0 amide bonds. The number of nitrogens with zero attached hydrogens (tertiary/aromatic N) is 1. The molecule has 0 radical (unpaired) electrons. The molecule has 3 rings (SSSR count). The molecule has 0 bridgehead atoms. The molecule has 7 heteroatoms. The molecule has 0 aliphatic rings. The maximum Gasteiger partial charge on any atom is 0.343 e. The van der Waals surface area contributed by atoms with Gasteiger partial charge in [-0.2, -0.15) is 0 Å². The normalized spacial score (nSPS) is 10.4. The summed E-state index contributed by atoms with van der Waals surface area (Å²) in [5.41, 5.74) is 1.93. The van der Waals surface area contributed by atoms with Crippen molar-refractivity contribution in [3.63, 3.8) is 0 Å². The van der Waals surface area contributed by atoms with E-state index in [-0.39, 0.29) is 12.3 Å². The lowest BCUT2D eigenvalue weighted by molar-refractivity contribution is -0.136. The maximum atomic E-state index is 14.0. The molecule has 1 N–H and O–H groups in total. The Balaban J connectivity index is 1.73. The summed E-state index contributed by atoms with van der Waals surface area (Å²) in [5, 5.41) is 8.77. The van der Waals surface area contributed by atoms with Crippen LogP contribution in [0, 0.1) is 5.82 Å². The molecule has 0 aliphatic heterocycles. The molecule has 1 aromatic heterocycles. The largest absolute Gasteiger partial charge is 0.481 e. The summed E-state index contributed by atoms with van der Waals surface area (Å²) in [6, 6.07) is 14.5. The van der Waals surface area contributed by atoms with E-state index in [2.05, 4.69) is 4.98 Å². The average Bonchev–Trinajstić information content (AvgIpc) is 2.73. The van der Waals surface area contributed by atoms with Gasteiger partial charge in [-0.25, -0.2) is 14.2 Å². The van der Waals surface area contributed by atoms with Gasteiger partial charge in [0, 0.05) is 18.1 Å². The number of benzene rings is 2. The van der Waals surface area contributed by atoms with E-state index in [1.807, 2.05) is 0 Å². The molecular weight excluding hydrogens is 377 g/mol. The molecule has 148 valence electrons. The Bertz CT molecular complexity index is 1030. The van der Waals surface area contributed by atoms with Crippen molar-refractivity contribution in [2.45, 2.75) is 12.8 Å². The van der Waals surface area contributed by atoms with Crippen LogP contribution >= 0.6 is 0 Å². The number of pyridine rings is 1. The third-order valence-electron chi connectivity index (χ3n) is 4.21. The quantitative estimate of drug-likeness (QED) is 0.478. The number of aliphatic carboxylic acids is 1. The second-order valence-corrected chi connectivity index (χ2v) is 6.21. The van der Waals surface area contributed by atoms with Crippen LogP contribution in [-0.4, -0.2) is 29.1 Å². The molecule has 29 heavy (non-hydrogen) atoms. The van der Waals surface area contributed by atoms with Gasteiger partial charge in [-0.05, 0) is 41.8 Å². The summed E-state index contributed by atoms with van der Waals surface area (Å²) >= 11 is 0. The number of hydrogen-bond donors (Lipinski definition) is 1. The third-order valence-corrected chi connectivity index (χ3v) is 4.21. The zero-order valence-corrected chi connectivity index (χ0v) is 15.6. The molecule has 6 nitrogen and oxygen atoms in total. The highest BCUT2D eigenvalue weighted by Crippen LogP contribution is 2.26. The molecule has 0 aliphatic carbocycles. The third kappa shape index (κ3) is 5.16. The number of halogens is 1. The van der Waals surface area contributed by atoms with E-state index in [1.165, 1.54) is 25.3 Å². The first-order valence-corrected chi connectivity index (χ1v) is 8.79. The molecule has 3 aromatic rings. The van der Waals surface area contributed by atoms with E-state index in [4.69, 9.17) is 14.6 Å². The topological polar surface area (TPSA) is 85.7 Å². The van der Waals surface area contributed by atoms with Crippen molar-refractivity contribution in [1.82, 2.24) is 4.98 Å². The average molecular weight is 395 g/mol. The highest BCUT2D eigenvalue weighted by Gasteiger charge is 2.12. The summed E-state index contributed by atoms with van der Waals surface area (Å²) in [5.74, 6) is -1.35. The zero-order valence-electron chi connectivity index (χ0n) is 15.6. The standard InChI is InChI=1S/C22H18FNO5/c1-28-20-12-18(19(23)13-24-20)15-6-8-16(9-7-15)22(27)29-17-4-2-3-14(11-17)5-10-21(25)26/h2-4,6-9,11-13H,5,10H2,1H3,(H,25,26). The van der Waals surface area contributed by atoms with Crippen LogP contribution < -0.4 is 9.47 Å². The number of hydrogen-bond acceptors (Lipinski definition) is 5. The van der Waals surface area contributed by atoms with Gasteiger partial charge in [0.1, 0.15) is 11.6 Å². The zero-order chi connectivity index (χ0) is 20.8. The summed E-state index contributed by atoms with van der Waals surface area (Å²) in [7, 11) is 1.44. The van der Waals surface area contributed by atoms with Crippen molar-refractivity contribution in [3.05, 3.63) is 77.7 Å². The summed E-state index contributed by atoms with van der Waals surface area (Å²) in [6.45, 7) is 0. The predicted octanol–water partition coefficient (Wildman–Crippen LogP) is 4.13. The Labute approximate surface area is 166 Å². The summed E-state index contributed by atoms with van der Waals surface area (Å²) in [4.78, 5) is 26.9. The molecule has 0 saturated heterocycles. The van der Waals surface area contributed by atoms with Crippen molar-refractivity contribution in [2.75, 3.05) is 7.11 Å². The van der Waals surface area contributed by atoms with Gasteiger partial charge in [0.2, 0.25) is 5.88 Å². The minimum atomic E-state index is -0.893. The number of carbonyl (C=O) groups excluding carboxylic acids is 1. The van der Waals surface area contributed by atoms with Crippen molar-refractivity contribution in [1.29, 1.82) is 0 Å². The number of aryl methyl sites for hydroxylation is 1. The van der Waals surface area contributed by atoms with Crippen LogP contribution in [0.3, 0.4) is 0 Å². The van der Waals surface area contributed by atoms with Crippen LogP contribution in [0.2, 0.25) is 0 Å². The van der Waals surface area contributed by atoms with Crippen LogP contribution in [0.4, 0.5) is 4.39 Å². The molecule has 0 unspecified atom stereocenters. The van der Waals surface area contributed by atoms with Gasteiger partial charge in [0.15, 0.2) is 0 Å². The Hall–Kier alpha value is -3.74. The molecular formula is C22H18FNO5. The van der Waals surface area contributed by atoms with E-state index in [0.29, 0.717) is 28.9 Å². The lowest BCUT2D eigenvalue weighted by atomic mass is 10.0. The lowest BCUT2D eigenvalue weighted by Crippen LogP contribution is -2.08. The SMILES string of the molecule is COc1cc(-c2ccc(C(=O)Oc3cccc(CCC(=O)O)c3)cc2)c(F)cn1. The monoisotopic (exact) mass is 395 g/mol. The van der Waals surface area contributed by atoms with Gasteiger partial charge >= 0.3 is 11.9 Å². The van der Waals surface area contributed by atoms with Crippen molar-refractivity contribution in [3.8, 4) is 22.8 Å². The predicted molar refractivity (Wildman–Crippen MR) is 104 cm³/mol. The molecule has 0 spiro atoms. The fraction of sp³-hybridized carbons (Fsp3) is 0.136. The second-order valence-electron chi connectivity index (χ2n) is 6.21. The van der Waals surface area contributed by atoms with Crippen molar-refractivity contribution >= 4 is 11.9 Å². The van der Waals surface area contributed by atoms with E-state index in [0.717, 1.165) is 11.8 Å². The number of rotatable bonds is 7. The minimum absolute atomic E-state index is 0.00475. The van der Waals surface area contributed by atoms with Crippen LogP contribution in [0.5, 0.6) is 11.6 Å². The van der Waals surface area contributed by atoms with E-state index in [9.17, 15) is 14.0 Å².